The predicted molar refractivity (Wildman–Crippen MR) is 81.2 cm³/mol. The van der Waals surface area contributed by atoms with Gasteiger partial charge in [-0.25, -0.2) is 4.79 Å². The maximum Gasteiger partial charge on any atom is 0.414 e. The average molecular weight is 271 g/mol. The van der Waals surface area contributed by atoms with Crippen LogP contribution in [0.3, 0.4) is 0 Å². The minimum Gasteiger partial charge on any atom is -0.419 e. The van der Waals surface area contributed by atoms with E-state index in [0.717, 1.165) is 25.9 Å². The zero-order chi connectivity index (χ0) is 14.4. The molecule has 1 aromatic rings. The SMILES string of the molecule is C=COC(=O)N1CCC(C=Cc2ccccc2C)CC1. The number of hydrogen-bond donors (Lipinski definition) is 0. The number of aryl methyl sites for hydroxylation is 1. The quantitative estimate of drug-likeness (QED) is 0.778. The van der Waals surface area contributed by atoms with Gasteiger partial charge in [0.2, 0.25) is 0 Å². The minimum absolute atomic E-state index is 0.290. The predicted octanol–water partition coefficient (Wildman–Crippen LogP) is 4.00. The number of allylic oxidation sites excluding steroid dienone is 1. The summed E-state index contributed by atoms with van der Waals surface area (Å²) >= 11 is 0. The molecular formula is C17H21NO2. The molecule has 0 unspecified atom stereocenters. The minimum atomic E-state index is -0.290. The third-order valence-corrected chi connectivity index (χ3v) is 3.72. The molecule has 1 aromatic carbocycles. The van der Waals surface area contributed by atoms with Crippen molar-refractivity contribution in [3.05, 3.63) is 54.3 Å². The Bertz CT molecular complexity index is 499. The van der Waals surface area contributed by atoms with E-state index in [-0.39, 0.29) is 6.09 Å². The van der Waals surface area contributed by atoms with Crippen LogP contribution in [0.4, 0.5) is 4.79 Å². The van der Waals surface area contributed by atoms with Crippen molar-refractivity contribution in [2.45, 2.75) is 19.8 Å². The van der Waals surface area contributed by atoms with Crippen LogP contribution < -0.4 is 0 Å². The molecule has 3 heteroatoms. The highest BCUT2D eigenvalue weighted by molar-refractivity contribution is 5.68. The number of likely N-dealkylation sites (tertiary alicyclic amines) is 1. The Balaban J connectivity index is 1.87. The summed E-state index contributed by atoms with van der Waals surface area (Å²) in [6.07, 6.45) is 7.31. The first-order chi connectivity index (χ1) is 9.70. The highest BCUT2D eigenvalue weighted by Crippen LogP contribution is 2.21. The first-order valence-electron chi connectivity index (χ1n) is 7.01. The van der Waals surface area contributed by atoms with Crippen molar-refractivity contribution < 1.29 is 9.53 Å². The van der Waals surface area contributed by atoms with Crippen molar-refractivity contribution in [1.29, 1.82) is 0 Å². The fourth-order valence-corrected chi connectivity index (χ4v) is 2.43. The van der Waals surface area contributed by atoms with Crippen LogP contribution in [0.2, 0.25) is 0 Å². The third kappa shape index (κ3) is 3.73. The number of amides is 1. The van der Waals surface area contributed by atoms with Gasteiger partial charge in [0.05, 0.1) is 6.26 Å². The summed E-state index contributed by atoms with van der Waals surface area (Å²) in [4.78, 5) is 13.3. The summed E-state index contributed by atoms with van der Waals surface area (Å²) in [5, 5.41) is 0. The summed E-state index contributed by atoms with van der Waals surface area (Å²) in [7, 11) is 0. The largest absolute Gasteiger partial charge is 0.419 e. The highest BCUT2D eigenvalue weighted by atomic mass is 16.5. The number of piperidine rings is 1. The Morgan fingerprint density at radius 1 is 1.35 bits per heavy atom. The van der Waals surface area contributed by atoms with E-state index >= 15 is 0 Å². The van der Waals surface area contributed by atoms with Crippen LogP contribution in [0, 0.1) is 12.8 Å². The van der Waals surface area contributed by atoms with Gasteiger partial charge in [0, 0.05) is 13.1 Å². The van der Waals surface area contributed by atoms with Gasteiger partial charge in [-0.3, -0.25) is 0 Å². The van der Waals surface area contributed by atoms with Gasteiger partial charge in [-0.15, -0.1) is 0 Å². The monoisotopic (exact) mass is 271 g/mol. The molecule has 1 heterocycles. The third-order valence-electron chi connectivity index (χ3n) is 3.72. The molecular weight excluding hydrogens is 250 g/mol. The lowest BCUT2D eigenvalue weighted by Crippen LogP contribution is -2.37. The maximum atomic E-state index is 11.5. The van der Waals surface area contributed by atoms with Crippen molar-refractivity contribution in [2.75, 3.05) is 13.1 Å². The van der Waals surface area contributed by atoms with E-state index in [2.05, 4.69) is 49.9 Å². The van der Waals surface area contributed by atoms with Gasteiger partial charge in [-0.2, -0.15) is 0 Å². The number of carbonyl (C=O) groups is 1. The standard InChI is InChI=1S/C17H21NO2/c1-3-20-17(19)18-12-10-15(11-13-18)8-9-16-7-5-4-6-14(16)2/h3-9,15H,1,10-13H2,2H3. The van der Waals surface area contributed by atoms with Crippen LogP contribution in [0.5, 0.6) is 0 Å². The summed E-state index contributed by atoms with van der Waals surface area (Å²) in [6.45, 7) is 7.01. The normalized spacial score (nSPS) is 16.4. The van der Waals surface area contributed by atoms with E-state index in [1.165, 1.54) is 17.4 Å². The van der Waals surface area contributed by atoms with Gasteiger partial charge in [0.15, 0.2) is 0 Å². The molecule has 0 bridgehead atoms. The second-order valence-corrected chi connectivity index (χ2v) is 5.09. The number of nitrogens with zero attached hydrogens (tertiary/aromatic N) is 1. The Morgan fingerprint density at radius 3 is 2.70 bits per heavy atom. The van der Waals surface area contributed by atoms with Gasteiger partial charge in [-0.1, -0.05) is 43.0 Å². The molecule has 1 amide bonds. The van der Waals surface area contributed by atoms with Crippen LogP contribution in [0.15, 0.2) is 43.2 Å². The molecule has 3 nitrogen and oxygen atoms in total. The molecule has 0 spiro atoms. The average Bonchev–Trinajstić information content (AvgIpc) is 2.47. The van der Waals surface area contributed by atoms with E-state index in [1.54, 1.807) is 4.90 Å². The zero-order valence-electron chi connectivity index (χ0n) is 11.9. The highest BCUT2D eigenvalue weighted by Gasteiger charge is 2.21. The molecule has 1 saturated heterocycles. The molecule has 1 aliphatic heterocycles. The zero-order valence-corrected chi connectivity index (χ0v) is 11.9. The number of ether oxygens (including phenoxy) is 1. The molecule has 1 aliphatic rings. The molecule has 0 radical (unpaired) electrons. The van der Waals surface area contributed by atoms with E-state index in [9.17, 15) is 4.79 Å². The van der Waals surface area contributed by atoms with Gasteiger partial charge in [-0.05, 0) is 36.8 Å². The van der Waals surface area contributed by atoms with Gasteiger partial charge < -0.3 is 9.64 Å². The van der Waals surface area contributed by atoms with Crippen LogP contribution in [0.25, 0.3) is 6.08 Å². The second-order valence-electron chi connectivity index (χ2n) is 5.09. The van der Waals surface area contributed by atoms with Crippen LogP contribution in [0.1, 0.15) is 24.0 Å². The fourth-order valence-electron chi connectivity index (χ4n) is 2.43. The smallest absolute Gasteiger partial charge is 0.414 e. The molecule has 0 atom stereocenters. The molecule has 0 N–H and O–H groups in total. The molecule has 20 heavy (non-hydrogen) atoms. The second kappa shape index (κ2) is 6.94. The molecule has 1 fully saturated rings. The molecule has 0 saturated carbocycles. The van der Waals surface area contributed by atoms with Crippen molar-refractivity contribution >= 4 is 12.2 Å². The number of benzene rings is 1. The molecule has 0 aromatic heterocycles. The molecule has 0 aliphatic carbocycles. The van der Waals surface area contributed by atoms with Crippen molar-refractivity contribution in [3.63, 3.8) is 0 Å². The van der Waals surface area contributed by atoms with Gasteiger partial charge in [0.25, 0.3) is 0 Å². The Kier molecular flexibility index (Phi) is 4.99. The van der Waals surface area contributed by atoms with Crippen molar-refractivity contribution in [3.8, 4) is 0 Å². The first kappa shape index (κ1) is 14.4. The van der Waals surface area contributed by atoms with Crippen molar-refractivity contribution in [2.24, 2.45) is 5.92 Å². The van der Waals surface area contributed by atoms with Crippen molar-refractivity contribution in [1.82, 2.24) is 4.90 Å². The van der Waals surface area contributed by atoms with E-state index in [4.69, 9.17) is 4.74 Å². The summed E-state index contributed by atoms with van der Waals surface area (Å²) in [5.74, 6) is 0.530. The lowest BCUT2D eigenvalue weighted by Gasteiger charge is -2.29. The Hall–Kier alpha value is -2.03. The summed E-state index contributed by atoms with van der Waals surface area (Å²) in [6, 6.07) is 8.35. The fraction of sp³-hybridized carbons (Fsp3) is 0.353. The summed E-state index contributed by atoms with van der Waals surface area (Å²) < 4.78 is 4.79. The van der Waals surface area contributed by atoms with Crippen LogP contribution >= 0.6 is 0 Å². The Morgan fingerprint density at radius 2 is 2.05 bits per heavy atom. The lowest BCUT2D eigenvalue weighted by atomic mass is 9.95. The van der Waals surface area contributed by atoms with Crippen LogP contribution in [-0.2, 0) is 4.74 Å². The first-order valence-corrected chi connectivity index (χ1v) is 7.01. The molecule has 2 rings (SSSR count). The van der Waals surface area contributed by atoms with E-state index in [0.29, 0.717) is 5.92 Å². The van der Waals surface area contributed by atoms with Crippen LogP contribution in [-0.4, -0.2) is 24.1 Å². The van der Waals surface area contributed by atoms with Gasteiger partial charge in [0.1, 0.15) is 0 Å². The number of rotatable bonds is 3. The number of carbonyl (C=O) groups excluding carboxylic acids is 1. The maximum absolute atomic E-state index is 11.5. The van der Waals surface area contributed by atoms with Gasteiger partial charge >= 0.3 is 6.09 Å². The van der Waals surface area contributed by atoms with E-state index < -0.39 is 0 Å². The number of hydrogen-bond acceptors (Lipinski definition) is 2. The molecule has 106 valence electrons. The topological polar surface area (TPSA) is 29.5 Å². The lowest BCUT2D eigenvalue weighted by molar-refractivity contribution is 0.122. The van der Waals surface area contributed by atoms with E-state index in [1.807, 2.05) is 0 Å². The summed E-state index contributed by atoms with van der Waals surface area (Å²) in [5.41, 5.74) is 2.55. The Labute approximate surface area is 120 Å².